The zero-order valence-electron chi connectivity index (χ0n) is 10.2. The number of nitrogens with one attached hydrogen (secondary N) is 1. The first-order valence-corrected chi connectivity index (χ1v) is 6.92. The average molecular weight is 239 g/mol. The Kier molecular flexibility index (Phi) is 4.32. The molecule has 0 spiro atoms. The van der Waals surface area contributed by atoms with Crippen LogP contribution in [-0.4, -0.2) is 37.1 Å². The third kappa shape index (κ3) is 3.27. The van der Waals surface area contributed by atoms with Gasteiger partial charge in [0.1, 0.15) is 0 Å². The van der Waals surface area contributed by atoms with Crippen molar-refractivity contribution in [3.63, 3.8) is 0 Å². The van der Waals surface area contributed by atoms with Gasteiger partial charge in [0.15, 0.2) is 0 Å². The summed E-state index contributed by atoms with van der Waals surface area (Å²) < 4.78 is 0. The molecule has 2 heterocycles. The first-order chi connectivity index (χ1) is 7.78. The third-order valence-electron chi connectivity index (χ3n) is 3.26. The molecule has 16 heavy (non-hydrogen) atoms. The van der Waals surface area contributed by atoms with Crippen molar-refractivity contribution in [2.45, 2.75) is 25.8 Å². The lowest BCUT2D eigenvalue weighted by Crippen LogP contribution is -2.30. The molecule has 0 aromatic carbocycles. The highest BCUT2D eigenvalue weighted by Gasteiger charge is 2.18. The molecule has 0 bridgehead atoms. The van der Waals surface area contributed by atoms with E-state index in [1.807, 2.05) is 18.4 Å². The molecule has 1 aliphatic heterocycles. The summed E-state index contributed by atoms with van der Waals surface area (Å²) in [5, 5.41) is 6.64. The van der Waals surface area contributed by atoms with Crippen LogP contribution in [0.25, 0.3) is 0 Å². The van der Waals surface area contributed by atoms with Crippen LogP contribution in [0, 0.1) is 5.92 Å². The van der Waals surface area contributed by atoms with E-state index >= 15 is 0 Å². The van der Waals surface area contributed by atoms with Gasteiger partial charge in [0, 0.05) is 18.3 Å². The first-order valence-electron chi connectivity index (χ1n) is 6.04. The van der Waals surface area contributed by atoms with E-state index in [4.69, 9.17) is 0 Å². The maximum Gasteiger partial charge on any atom is 0.0931 e. The summed E-state index contributed by atoms with van der Waals surface area (Å²) in [5.74, 6) is 0.852. The minimum atomic E-state index is 0.852. The molecular formula is C12H21N3S. The van der Waals surface area contributed by atoms with Gasteiger partial charge < -0.3 is 10.2 Å². The fraction of sp³-hybridized carbons (Fsp3) is 0.750. The summed E-state index contributed by atoms with van der Waals surface area (Å²) >= 11 is 1.82. The zero-order valence-corrected chi connectivity index (χ0v) is 11.0. The second-order valence-electron chi connectivity index (χ2n) is 4.71. The summed E-state index contributed by atoms with van der Waals surface area (Å²) in [6.07, 6.45) is 3.84. The first kappa shape index (κ1) is 12.0. The van der Waals surface area contributed by atoms with E-state index < -0.39 is 0 Å². The van der Waals surface area contributed by atoms with Crippen molar-refractivity contribution in [1.29, 1.82) is 0 Å². The molecule has 1 saturated heterocycles. The Labute approximate surface area is 102 Å². The molecule has 1 fully saturated rings. The molecule has 2 rings (SSSR count). The van der Waals surface area contributed by atoms with Crippen LogP contribution in [0.4, 0.5) is 0 Å². The Morgan fingerprint density at radius 3 is 2.94 bits per heavy atom. The van der Waals surface area contributed by atoms with E-state index in [0.717, 1.165) is 12.5 Å². The summed E-state index contributed by atoms with van der Waals surface area (Å²) in [7, 11) is 4.18. The Hall–Kier alpha value is -0.450. The van der Waals surface area contributed by atoms with Crippen LogP contribution < -0.4 is 5.32 Å². The quantitative estimate of drug-likeness (QED) is 0.867. The van der Waals surface area contributed by atoms with Crippen LogP contribution in [0.5, 0.6) is 0 Å². The molecule has 0 atom stereocenters. The van der Waals surface area contributed by atoms with Crippen LogP contribution >= 0.6 is 11.3 Å². The van der Waals surface area contributed by atoms with Gasteiger partial charge in [-0.15, -0.1) is 11.3 Å². The highest BCUT2D eigenvalue weighted by atomic mass is 32.1. The van der Waals surface area contributed by atoms with Gasteiger partial charge in [0.25, 0.3) is 0 Å². The predicted octanol–water partition coefficient (Wildman–Crippen LogP) is 1.75. The number of hydrogen-bond donors (Lipinski definition) is 1. The van der Waals surface area contributed by atoms with Gasteiger partial charge in [0.2, 0.25) is 0 Å². The molecule has 1 aliphatic rings. The largest absolute Gasteiger partial charge is 0.314 e. The smallest absolute Gasteiger partial charge is 0.0931 e. The molecule has 0 unspecified atom stereocenters. The molecule has 4 heteroatoms. The van der Waals surface area contributed by atoms with E-state index in [1.54, 1.807) is 0 Å². The summed E-state index contributed by atoms with van der Waals surface area (Å²) in [5.41, 5.74) is 1.19. The molecule has 3 nitrogen and oxygen atoms in total. The topological polar surface area (TPSA) is 28.2 Å². The number of piperidine rings is 1. The molecular weight excluding hydrogens is 218 g/mol. The fourth-order valence-corrected chi connectivity index (χ4v) is 3.13. The van der Waals surface area contributed by atoms with Gasteiger partial charge in [-0.1, -0.05) is 0 Å². The van der Waals surface area contributed by atoms with Crippen molar-refractivity contribution < 1.29 is 0 Å². The molecule has 0 radical (unpaired) electrons. The maximum absolute atomic E-state index is 4.66. The van der Waals surface area contributed by atoms with Gasteiger partial charge in [-0.25, -0.2) is 4.98 Å². The fourth-order valence-electron chi connectivity index (χ4n) is 2.22. The van der Waals surface area contributed by atoms with Crippen LogP contribution in [0.1, 0.15) is 23.5 Å². The van der Waals surface area contributed by atoms with Gasteiger partial charge in [-0.3, -0.25) is 0 Å². The third-order valence-corrected chi connectivity index (χ3v) is 4.18. The number of thiazole rings is 1. The van der Waals surface area contributed by atoms with Crippen molar-refractivity contribution in [2.75, 3.05) is 27.2 Å². The van der Waals surface area contributed by atoms with Crippen LogP contribution in [0.3, 0.4) is 0 Å². The van der Waals surface area contributed by atoms with Gasteiger partial charge >= 0.3 is 0 Å². The minimum absolute atomic E-state index is 0.852. The SMILES string of the molecule is CNCc1csc(CC2CCN(C)CC2)n1. The second kappa shape index (κ2) is 5.75. The Morgan fingerprint density at radius 2 is 2.25 bits per heavy atom. The monoisotopic (exact) mass is 239 g/mol. The van der Waals surface area contributed by atoms with E-state index in [-0.39, 0.29) is 0 Å². The van der Waals surface area contributed by atoms with Crippen molar-refractivity contribution in [3.8, 4) is 0 Å². The second-order valence-corrected chi connectivity index (χ2v) is 5.66. The summed E-state index contributed by atoms with van der Waals surface area (Å²) in [6, 6.07) is 0. The van der Waals surface area contributed by atoms with Crippen LogP contribution in [0.2, 0.25) is 0 Å². The van der Waals surface area contributed by atoms with E-state index in [1.165, 1.54) is 43.1 Å². The lowest BCUT2D eigenvalue weighted by atomic mass is 9.94. The number of nitrogens with zero attached hydrogens (tertiary/aromatic N) is 2. The predicted molar refractivity (Wildman–Crippen MR) is 68.8 cm³/mol. The summed E-state index contributed by atoms with van der Waals surface area (Å²) in [6.45, 7) is 3.39. The molecule has 0 saturated carbocycles. The Morgan fingerprint density at radius 1 is 1.50 bits per heavy atom. The van der Waals surface area contributed by atoms with Gasteiger partial charge in [0.05, 0.1) is 10.7 Å². The van der Waals surface area contributed by atoms with E-state index in [2.05, 4.69) is 27.6 Å². The highest BCUT2D eigenvalue weighted by molar-refractivity contribution is 7.09. The minimum Gasteiger partial charge on any atom is -0.314 e. The molecule has 1 aromatic rings. The molecule has 90 valence electrons. The van der Waals surface area contributed by atoms with Gasteiger partial charge in [-0.05, 0) is 45.9 Å². The van der Waals surface area contributed by atoms with Crippen molar-refractivity contribution in [3.05, 3.63) is 16.1 Å². The number of likely N-dealkylation sites (tertiary alicyclic amines) is 1. The molecule has 0 amide bonds. The lowest BCUT2D eigenvalue weighted by Gasteiger charge is -2.28. The maximum atomic E-state index is 4.66. The number of aromatic nitrogens is 1. The van der Waals surface area contributed by atoms with Crippen molar-refractivity contribution in [2.24, 2.45) is 5.92 Å². The normalized spacial score (nSPS) is 19.1. The molecule has 0 aliphatic carbocycles. The Bertz CT molecular complexity index is 316. The summed E-state index contributed by atoms with van der Waals surface area (Å²) in [4.78, 5) is 7.08. The average Bonchev–Trinajstić information content (AvgIpc) is 2.70. The van der Waals surface area contributed by atoms with Crippen molar-refractivity contribution >= 4 is 11.3 Å². The number of hydrogen-bond acceptors (Lipinski definition) is 4. The van der Waals surface area contributed by atoms with Crippen molar-refractivity contribution in [1.82, 2.24) is 15.2 Å². The Balaban J connectivity index is 1.83. The van der Waals surface area contributed by atoms with Crippen LogP contribution in [0.15, 0.2) is 5.38 Å². The molecule has 1 aromatic heterocycles. The van der Waals surface area contributed by atoms with E-state index in [0.29, 0.717) is 0 Å². The highest BCUT2D eigenvalue weighted by Crippen LogP contribution is 2.22. The van der Waals surface area contributed by atoms with E-state index in [9.17, 15) is 0 Å². The standard InChI is InChI=1S/C12H21N3S/c1-13-8-11-9-16-12(14-11)7-10-3-5-15(2)6-4-10/h9-10,13H,3-8H2,1-2H3. The zero-order chi connectivity index (χ0) is 11.4. The van der Waals surface area contributed by atoms with Gasteiger partial charge in [-0.2, -0.15) is 0 Å². The lowest BCUT2D eigenvalue weighted by molar-refractivity contribution is 0.219. The number of rotatable bonds is 4. The molecule has 1 N–H and O–H groups in total. The van der Waals surface area contributed by atoms with Crippen LogP contribution in [-0.2, 0) is 13.0 Å².